The normalized spacial score (nSPS) is 11.8. The van der Waals surface area contributed by atoms with Gasteiger partial charge in [-0.15, -0.1) is 0 Å². The van der Waals surface area contributed by atoms with Crippen molar-refractivity contribution in [3.63, 3.8) is 0 Å². The fourth-order valence-electron chi connectivity index (χ4n) is 0.989. The van der Waals surface area contributed by atoms with Crippen molar-refractivity contribution < 1.29 is 4.39 Å². The van der Waals surface area contributed by atoms with Gasteiger partial charge in [-0.1, -0.05) is 20.8 Å². The van der Waals surface area contributed by atoms with E-state index in [0.29, 0.717) is 8.04 Å². The van der Waals surface area contributed by atoms with Gasteiger partial charge < -0.3 is 0 Å². The second kappa shape index (κ2) is 3.85. The summed E-state index contributed by atoms with van der Waals surface area (Å²) in [6.45, 7) is 6.34. The first-order chi connectivity index (χ1) is 5.82. The number of hydrogen-bond acceptors (Lipinski definition) is 0. The van der Waals surface area contributed by atoms with Crippen molar-refractivity contribution in [2.75, 3.05) is 0 Å². The topological polar surface area (TPSA) is 0 Å². The minimum absolute atomic E-state index is 0.0656. The van der Waals surface area contributed by atoms with Crippen LogP contribution in [0.25, 0.3) is 0 Å². The molecule has 0 amide bonds. The Morgan fingerprint density at radius 1 is 1.31 bits per heavy atom. The number of hydrogen-bond donors (Lipinski definition) is 0. The zero-order chi connectivity index (χ0) is 10.2. The van der Waals surface area contributed by atoms with Crippen molar-refractivity contribution in [1.29, 1.82) is 0 Å². The fraction of sp³-hybridized carbons (Fsp3) is 0.400. The van der Waals surface area contributed by atoms with Gasteiger partial charge in [0.05, 0.1) is 8.04 Å². The average Bonchev–Trinajstić information content (AvgIpc) is 1.97. The summed E-state index contributed by atoms with van der Waals surface area (Å²) in [7, 11) is 0. The molecule has 0 unspecified atom stereocenters. The van der Waals surface area contributed by atoms with Gasteiger partial charge in [-0.05, 0) is 61.6 Å². The summed E-state index contributed by atoms with van der Waals surface area (Å²) in [5.41, 5.74) is 1.21. The molecule has 0 aliphatic heterocycles. The highest BCUT2D eigenvalue weighted by Gasteiger charge is 2.16. The van der Waals surface area contributed by atoms with Crippen molar-refractivity contribution in [2.45, 2.75) is 26.2 Å². The van der Waals surface area contributed by atoms with Crippen molar-refractivity contribution in [3.05, 3.63) is 31.6 Å². The lowest BCUT2D eigenvalue weighted by molar-refractivity contribution is 0.577. The molecule has 0 aromatic heterocycles. The van der Waals surface area contributed by atoms with Gasteiger partial charge in [-0.25, -0.2) is 4.39 Å². The molecule has 0 radical (unpaired) electrons. The highest BCUT2D eigenvalue weighted by molar-refractivity contribution is 14.1. The summed E-state index contributed by atoms with van der Waals surface area (Å²) < 4.78 is 14.5. The molecular formula is C10H11BrFI. The van der Waals surface area contributed by atoms with Crippen LogP contribution in [-0.4, -0.2) is 0 Å². The van der Waals surface area contributed by atoms with E-state index in [9.17, 15) is 4.39 Å². The maximum atomic E-state index is 13.2. The molecule has 0 aliphatic rings. The molecule has 0 aliphatic carbocycles. The SMILES string of the molecule is CC(C)(C)c1cc(Br)c(F)c(I)c1. The minimum atomic E-state index is -0.173. The van der Waals surface area contributed by atoms with E-state index in [1.165, 1.54) is 0 Å². The van der Waals surface area contributed by atoms with E-state index in [-0.39, 0.29) is 11.2 Å². The second-order valence-corrected chi connectivity index (χ2v) is 6.02. The quantitative estimate of drug-likeness (QED) is 0.474. The van der Waals surface area contributed by atoms with Gasteiger partial charge in [-0.3, -0.25) is 0 Å². The lowest BCUT2D eigenvalue weighted by Gasteiger charge is -2.19. The van der Waals surface area contributed by atoms with Crippen LogP contribution in [0.3, 0.4) is 0 Å². The summed E-state index contributed by atoms with van der Waals surface area (Å²) in [5, 5.41) is 0. The van der Waals surface area contributed by atoms with Crippen LogP contribution >= 0.6 is 38.5 Å². The highest BCUT2D eigenvalue weighted by atomic mass is 127. The summed E-state index contributed by atoms with van der Waals surface area (Å²) in [5.74, 6) is -0.173. The summed E-state index contributed by atoms with van der Waals surface area (Å²) in [6, 6.07) is 3.73. The molecule has 0 N–H and O–H groups in total. The van der Waals surface area contributed by atoms with E-state index in [4.69, 9.17) is 0 Å². The third-order valence-electron chi connectivity index (χ3n) is 1.85. The molecule has 1 aromatic rings. The Hall–Kier alpha value is 0.360. The Bertz CT molecular complexity index is 305. The fourth-order valence-corrected chi connectivity index (χ4v) is 2.45. The predicted molar refractivity (Wildman–Crippen MR) is 65.5 cm³/mol. The maximum Gasteiger partial charge on any atom is 0.150 e. The lowest BCUT2D eigenvalue weighted by Crippen LogP contribution is -2.11. The molecule has 0 saturated heterocycles. The zero-order valence-electron chi connectivity index (χ0n) is 7.79. The number of halogens is 3. The molecule has 0 saturated carbocycles. The van der Waals surface area contributed by atoms with Gasteiger partial charge in [0.2, 0.25) is 0 Å². The van der Waals surface area contributed by atoms with Crippen molar-refractivity contribution in [1.82, 2.24) is 0 Å². The van der Waals surface area contributed by atoms with Crippen molar-refractivity contribution >= 4 is 38.5 Å². The molecule has 72 valence electrons. The van der Waals surface area contributed by atoms with Crippen LogP contribution in [0.5, 0.6) is 0 Å². The standard InChI is InChI=1S/C10H11BrFI/c1-10(2,3)6-4-7(11)9(12)8(13)5-6/h4-5H,1-3H3. The van der Waals surface area contributed by atoms with E-state index in [0.717, 1.165) is 5.56 Å². The van der Waals surface area contributed by atoms with Crippen molar-refractivity contribution in [3.8, 4) is 0 Å². The third kappa shape index (κ3) is 2.65. The summed E-state index contributed by atoms with van der Waals surface area (Å²) in [6.07, 6.45) is 0. The van der Waals surface area contributed by atoms with Crippen molar-refractivity contribution in [2.24, 2.45) is 0 Å². The molecule has 0 spiro atoms. The zero-order valence-corrected chi connectivity index (χ0v) is 11.5. The molecule has 0 fully saturated rings. The number of rotatable bonds is 0. The molecule has 0 nitrogen and oxygen atoms in total. The van der Waals surface area contributed by atoms with E-state index < -0.39 is 0 Å². The molecule has 0 atom stereocenters. The van der Waals surface area contributed by atoms with Gasteiger partial charge in [0.25, 0.3) is 0 Å². The average molecular weight is 357 g/mol. The maximum absolute atomic E-state index is 13.2. The molecule has 3 heteroatoms. The highest BCUT2D eigenvalue weighted by Crippen LogP contribution is 2.29. The van der Waals surface area contributed by atoms with Crippen LogP contribution in [0.2, 0.25) is 0 Å². The third-order valence-corrected chi connectivity index (χ3v) is 3.21. The molecule has 13 heavy (non-hydrogen) atoms. The van der Waals surface area contributed by atoms with Crippen LogP contribution in [0.15, 0.2) is 16.6 Å². The summed E-state index contributed by atoms with van der Waals surface area (Å²) >= 11 is 5.22. The molecule has 1 aromatic carbocycles. The lowest BCUT2D eigenvalue weighted by atomic mass is 9.87. The largest absolute Gasteiger partial charge is 0.205 e. The smallest absolute Gasteiger partial charge is 0.150 e. The van der Waals surface area contributed by atoms with Gasteiger partial charge in [-0.2, -0.15) is 0 Å². The monoisotopic (exact) mass is 356 g/mol. The predicted octanol–water partition coefficient (Wildman–Crippen LogP) is 4.49. The summed E-state index contributed by atoms with van der Waals surface area (Å²) in [4.78, 5) is 0. The molecule has 0 heterocycles. The number of benzene rings is 1. The minimum Gasteiger partial charge on any atom is -0.205 e. The van der Waals surface area contributed by atoms with Crippen LogP contribution < -0.4 is 0 Å². The van der Waals surface area contributed by atoms with E-state index in [2.05, 4.69) is 36.7 Å². The second-order valence-electron chi connectivity index (χ2n) is 4.00. The van der Waals surface area contributed by atoms with E-state index in [1.807, 2.05) is 34.7 Å². The Labute approximate surface area is 100 Å². The van der Waals surface area contributed by atoms with E-state index in [1.54, 1.807) is 0 Å². The van der Waals surface area contributed by atoms with Gasteiger partial charge >= 0.3 is 0 Å². The van der Waals surface area contributed by atoms with Crippen LogP contribution in [0, 0.1) is 9.39 Å². The molecule has 1 rings (SSSR count). The van der Waals surface area contributed by atoms with Gasteiger partial charge in [0.15, 0.2) is 5.82 Å². The Kier molecular flexibility index (Phi) is 3.38. The molecule has 0 bridgehead atoms. The first-order valence-electron chi connectivity index (χ1n) is 3.97. The van der Waals surface area contributed by atoms with E-state index >= 15 is 0 Å². The Morgan fingerprint density at radius 3 is 2.23 bits per heavy atom. The van der Waals surface area contributed by atoms with Crippen LogP contribution in [0.4, 0.5) is 4.39 Å². The Morgan fingerprint density at radius 2 is 1.85 bits per heavy atom. The first-order valence-corrected chi connectivity index (χ1v) is 5.84. The first kappa shape index (κ1) is 11.4. The van der Waals surface area contributed by atoms with Gasteiger partial charge in [0.1, 0.15) is 0 Å². The Balaban J connectivity index is 3.29. The van der Waals surface area contributed by atoms with Crippen LogP contribution in [-0.2, 0) is 5.41 Å². The van der Waals surface area contributed by atoms with Crippen LogP contribution in [0.1, 0.15) is 26.3 Å². The molecular weight excluding hydrogens is 346 g/mol. The van der Waals surface area contributed by atoms with Gasteiger partial charge in [0, 0.05) is 0 Å².